The molecule has 0 aliphatic heterocycles. The second-order valence-electron chi connectivity index (χ2n) is 3.94. The molecule has 3 aromatic rings. The van der Waals surface area contributed by atoms with Crippen molar-refractivity contribution in [3.8, 4) is 11.4 Å². The molecule has 0 saturated heterocycles. The average Bonchev–Trinajstić information content (AvgIpc) is 2.88. The zero-order valence-electron chi connectivity index (χ0n) is 10.3. The van der Waals surface area contributed by atoms with Gasteiger partial charge in [0.2, 0.25) is 11.1 Å². The van der Waals surface area contributed by atoms with Crippen LogP contribution in [0.1, 0.15) is 0 Å². The van der Waals surface area contributed by atoms with Crippen molar-refractivity contribution in [1.82, 2.24) is 24.8 Å². The second-order valence-corrected chi connectivity index (χ2v) is 4.88. The minimum absolute atomic E-state index is 0.135. The molecule has 0 unspecified atom stereocenters. The standard InChI is InChI=1S/C12H10N6OS/c13-10(19)7-20-12-16-15-11-5-4-9(17-18(11)12)8-3-1-2-6-14-8/h1-6H,7H2,(H2,13,19). The van der Waals surface area contributed by atoms with Crippen molar-refractivity contribution < 1.29 is 4.79 Å². The number of nitrogens with zero attached hydrogens (tertiary/aromatic N) is 5. The molecular formula is C12H10N6OS. The quantitative estimate of drug-likeness (QED) is 0.711. The monoisotopic (exact) mass is 286 g/mol. The summed E-state index contributed by atoms with van der Waals surface area (Å²) in [6.45, 7) is 0. The fourth-order valence-electron chi connectivity index (χ4n) is 1.65. The summed E-state index contributed by atoms with van der Waals surface area (Å²) in [4.78, 5) is 15.1. The highest BCUT2D eigenvalue weighted by atomic mass is 32.2. The lowest BCUT2D eigenvalue weighted by molar-refractivity contribution is -0.115. The van der Waals surface area contributed by atoms with Crippen LogP contribution in [0.2, 0.25) is 0 Å². The molecule has 0 fully saturated rings. The fraction of sp³-hybridized carbons (Fsp3) is 0.0833. The number of nitrogens with two attached hydrogens (primary N) is 1. The summed E-state index contributed by atoms with van der Waals surface area (Å²) in [6.07, 6.45) is 1.70. The SMILES string of the molecule is NC(=O)CSc1nnc2ccc(-c3ccccn3)nn12. The Kier molecular flexibility index (Phi) is 3.30. The van der Waals surface area contributed by atoms with Crippen molar-refractivity contribution in [3.05, 3.63) is 36.5 Å². The Bertz CT molecular complexity index is 757. The third kappa shape index (κ3) is 2.45. The first kappa shape index (κ1) is 12.5. The van der Waals surface area contributed by atoms with Crippen LogP contribution in [0.5, 0.6) is 0 Å². The smallest absolute Gasteiger partial charge is 0.227 e. The van der Waals surface area contributed by atoms with Crippen molar-refractivity contribution in [2.45, 2.75) is 5.16 Å². The lowest BCUT2D eigenvalue weighted by Gasteiger charge is -2.01. The van der Waals surface area contributed by atoms with Crippen LogP contribution in [0.25, 0.3) is 17.0 Å². The van der Waals surface area contributed by atoms with Gasteiger partial charge in [0.05, 0.1) is 11.4 Å². The molecule has 2 N–H and O–H groups in total. The number of hydrogen-bond acceptors (Lipinski definition) is 6. The van der Waals surface area contributed by atoms with Gasteiger partial charge in [0.15, 0.2) is 5.65 Å². The van der Waals surface area contributed by atoms with Gasteiger partial charge in [-0.2, -0.15) is 9.61 Å². The largest absolute Gasteiger partial charge is 0.369 e. The molecule has 1 amide bonds. The van der Waals surface area contributed by atoms with Crippen molar-refractivity contribution in [1.29, 1.82) is 0 Å². The van der Waals surface area contributed by atoms with Gasteiger partial charge in [-0.05, 0) is 24.3 Å². The van der Waals surface area contributed by atoms with Gasteiger partial charge < -0.3 is 5.73 Å². The van der Waals surface area contributed by atoms with Crippen LogP contribution in [0.4, 0.5) is 0 Å². The Labute approximate surface area is 118 Å². The summed E-state index contributed by atoms with van der Waals surface area (Å²) in [5, 5.41) is 12.9. The molecule has 8 heteroatoms. The van der Waals surface area contributed by atoms with Crippen LogP contribution in [0, 0.1) is 0 Å². The van der Waals surface area contributed by atoms with Gasteiger partial charge in [0.25, 0.3) is 0 Å². The Hall–Kier alpha value is -2.48. The summed E-state index contributed by atoms with van der Waals surface area (Å²) in [7, 11) is 0. The van der Waals surface area contributed by atoms with Crippen LogP contribution in [0.15, 0.2) is 41.7 Å². The first-order valence-electron chi connectivity index (χ1n) is 5.79. The molecule has 3 rings (SSSR count). The fourth-order valence-corrected chi connectivity index (χ4v) is 2.27. The topological polar surface area (TPSA) is 99.1 Å². The number of primary amides is 1. The van der Waals surface area contributed by atoms with Crippen LogP contribution >= 0.6 is 11.8 Å². The number of carbonyl (C=O) groups excluding carboxylic acids is 1. The molecule has 20 heavy (non-hydrogen) atoms. The van der Waals surface area contributed by atoms with E-state index in [0.717, 1.165) is 5.69 Å². The highest BCUT2D eigenvalue weighted by molar-refractivity contribution is 7.99. The van der Waals surface area contributed by atoms with Crippen molar-refractivity contribution >= 4 is 23.3 Å². The Balaban J connectivity index is 2.01. The van der Waals surface area contributed by atoms with Gasteiger partial charge in [0.1, 0.15) is 5.69 Å². The minimum atomic E-state index is -0.410. The van der Waals surface area contributed by atoms with Gasteiger partial charge in [-0.15, -0.1) is 10.2 Å². The number of thioether (sulfide) groups is 1. The number of carbonyl (C=O) groups is 1. The molecule has 0 saturated carbocycles. The van der Waals surface area contributed by atoms with E-state index in [0.29, 0.717) is 16.5 Å². The zero-order valence-corrected chi connectivity index (χ0v) is 11.1. The van der Waals surface area contributed by atoms with Crippen LogP contribution in [0.3, 0.4) is 0 Å². The van der Waals surface area contributed by atoms with Gasteiger partial charge in [0, 0.05) is 6.20 Å². The highest BCUT2D eigenvalue weighted by Gasteiger charge is 2.10. The summed E-state index contributed by atoms with van der Waals surface area (Å²) in [5.41, 5.74) is 7.20. The lowest BCUT2D eigenvalue weighted by Crippen LogP contribution is -2.13. The van der Waals surface area contributed by atoms with E-state index in [4.69, 9.17) is 5.73 Å². The normalized spacial score (nSPS) is 10.8. The maximum atomic E-state index is 10.8. The first-order chi connectivity index (χ1) is 9.74. The number of fused-ring (bicyclic) bond motifs is 1. The van der Waals surface area contributed by atoms with E-state index in [1.807, 2.05) is 24.3 Å². The van der Waals surface area contributed by atoms with Gasteiger partial charge in [-0.3, -0.25) is 9.78 Å². The van der Waals surface area contributed by atoms with Gasteiger partial charge >= 0.3 is 0 Å². The van der Waals surface area contributed by atoms with E-state index < -0.39 is 5.91 Å². The molecular weight excluding hydrogens is 276 g/mol. The maximum Gasteiger partial charge on any atom is 0.227 e. The Morgan fingerprint density at radius 1 is 1.20 bits per heavy atom. The summed E-state index contributed by atoms with van der Waals surface area (Å²) < 4.78 is 1.58. The van der Waals surface area contributed by atoms with E-state index in [2.05, 4.69) is 20.3 Å². The van der Waals surface area contributed by atoms with E-state index in [1.54, 1.807) is 16.8 Å². The summed E-state index contributed by atoms with van der Waals surface area (Å²) >= 11 is 1.20. The zero-order chi connectivity index (χ0) is 13.9. The molecule has 7 nitrogen and oxygen atoms in total. The second kappa shape index (κ2) is 5.25. The van der Waals surface area contributed by atoms with E-state index in [1.165, 1.54) is 11.8 Å². The number of rotatable bonds is 4. The predicted octanol–water partition coefficient (Wildman–Crippen LogP) is 0.764. The molecule has 0 atom stereocenters. The molecule has 0 aromatic carbocycles. The third-order valence-electron chi connectivity index (χ3n) is 2.51. The number of hydrogen-bond donors (Lipinski definition) is 1. The summed E-state index contributed by atoms with van der Waals surface area (Å²) in [5.74, 6) is -0.274. The highest BCUT2D eigenvalue weighted by Crippen LogP contribution is 2.18. The molecule has 0 bridgehead atoms. The Morgan fingerprint density at radius 3 is 2.85 bits per heavy atom. The summed E-state index contributed by atoms with van der Waals surface area (Å²) in [6, 6.07) is 9.24. The van der Waals surface area contributed by atoms with Gasteiger partial charge in [-0.25, -0.2) is 0 Å². The number of aromatic nitrogens is 5. The van der Waals surface area contributed by atoms with Crippen LogP contribution in [-0.2, 0) is 4.79 Å². The van der Waals surface area contributed by atoms with E-state index in [-0.39, 0.29) is 5.75 Å². The van der Waals surface area contributed by atoms with E-state index >= 15 is 0 Å². The molecule has 0 aliphatic carbocycles. The van der Waals surface area contributed by atoms with Crippen molar-refractivity contribution in [2.75, 3.05) is 5.75 Å². The Morgan fingerprint density at radius 2 is 2.10 bits per heavy atom. The van der Waals surface area contributed by atoms with Crippen LogP contribution in [-0.4, -0.2) is 36.5 Å². The molecule has 3 aromatic heterocycles. The first-order valence-corrected chi connectivity index (χ1v) is 6.77. The molecule has 3 heterocycles. The van der Waals surface area contributed by atoms with Crippen molar-refractivity contribution in [3.63, 3.8) is 0 Å². The lowest BCUT2D eigenvalue weighted by atomic mass is 10.2. The molecule has 0 radical (unpaired) electrons. The average molecular weight is 286 g/mol. The van der Waals surface area contributed by atoms with E-state index in [9.17, 15) is 4.79 Å². The van der Waals surface area contributed by atoms with Gasteiger partial charge in [-0.1, -0.05) is 17.8 Å². The molecule has 0 aliphatic rings. The minimum Gasteiger partial charge on any atom is -0.369 e. The molecule has 0 spiro atoms. The number of pyridine rings is 1. The third-order valence-corrected chi connectivity index (χ3v) is 3.45. The number of amides is 1. The van der Waals surface area contributed by atoms with Crippen molar-refractivity contribution in [2.24, 2.45) is 5.73 Å². The predicted molar refractivity (Wildman–Crippen MR) is 73.9 cm³/mol. The molecule has 100 valence electrons. The maximum absolute atomic E-state index is 10.8. The van der Waals surface area contributed by atoms with Crippen LogP contribution < -0.4 is 5.73 Å².